The Morgan fingerprint density at radius 2 is 1.70 bits per heavy atom. The molecule has 0 amide bonds. The Labute approximate surface area is 118 Å². The number of aromatic hydroxyl groups is 1. The first-order valence-electron chi connectivity index (χ1n) is 6.41. The molecule has 0 saturated carbocycles. The zero-order chi connectivity index (χ0) is 15.2. The first-order chi connectivity index (χ1) is 9.26. The molecule has 0 bridgehead atoms. The summed E-state index contributed by atoms with van der Waals surface area (Å²) in [6.07, 6.45) is 0.668. The summed E-state index contributed by atoms with van der Waals surface area (Å²) in [4.78, 5) is 22.8. The minimum absolute atomic E-state index is 0.174. The number of aryl methyl sites for hydroxylation is 1. The lowest BCUT2D eigenvalue weighted by Crippen LogP contribution is -2.27. The number of phenols is 1. The molecule has 1 rings (SSSR count). The molecule has 0 aliphatic heterocycles. The normalized spacial score (nSPS) is 10.9. The number of ether oxygens (including phenoxy) is 2. The Bertz CT molecular complexity index is 456. The van der Waals surface area contributed by atoms with Gasteiger partial charge in [0, 0.05) is 6.42 Å². The highest BCUT2D eigenvalue weighted by Crippen LogP contribution is 2.11. The Morgan fingerprint density at radius 1 is 1.10 bits per heavy atom. The van der Waals surface area contributed by atoms with E-state index in [9.17, 15) is 9.59 Å². The number of carbonyl (C=O) groups excluding carboxylic acids is 2. The summed E-state index contributed by atoms with van der Waals surface area (Å²) >= 11 is 0. The molecule has 20 heavy (non-hydrogen) atoms. The van der Waals surface area contributed by atoms with Crippen molar-refractivity contribution < 1.29 is 24.2 Å². The van der Waals surface area contributed by atoms with Crippen LogP contribution in [-0.4, -0.2) is 29.3 Å². The third-order valence-corrected chi connectivity index (χ3v) is 2.33. The molecule has 1 aromatic carbocycles. The van der Waals surface area contributed by atoms with Crippen LogP contribution in [0.3, 0.4) is 0 Å². The summed E-state index contributed by atoms with van der Waals surface area (Å²) in [7, 11) is 0. The molecule has 0 spiro atoms. The molecule has 0 aromatic heterocycles. The summed E-state index contributed by atoms with van der Waals surface area (Å²) in [6.45, 7) is 4.87. The van der Waals surface area contributed by atoms with E-state index in [-0.39, 0.29) is 18.8 Å². The largest absolute Gasteiger partial charge is 0.508 e. The van der Waals surface area contributed by atoms with Crippen LogP contribution in [0.4, 0.5) is 0 Å². The van der Waals surface area contributed by atoms with Crippen molar-refractivity contribution in [2.45, 2.75) is 39.2 Å². The maximum atomic E-state index is 11.5. The second kappa shape index (κ2) is 6.93. The molecule has 0 fully saturated rings. The van der Waals surface area contributed by atoms with Gasteiger partial charge in [0.15, 0.2) is 6.61 Å². The van der Waals surface area contributed by atoms with Crippen molar-refractivity contribution in [2.75, 3.05) is 6.61 Å². The van der Waals surface area contributed by atoms with Crippen LogP contribution < -0.4 is 0 Å². The van der Waals surface area contributed by atoms with E-state index in [0.717, 1.165) is 5.56 Å². The highest BCUT2D eigenvalue weighted by Gasteiger charge is 2.17. The van der Waals surface area contributed by atoms with Crippen LogP contribution >= 0.6 is 0 Å². The summed E-state index contributed by atoms with van der Waals surface area (Å²) < 4.78 is 9.85. The molecule has 0 unspecified atom stereocenters. The van der Waals surface area contributed by atoms with Crippen molar-refractivity contribution in [3.05, 3.63) is 29.8 Å². The van der Waals surface area contributed by atoms with Crippen molar-refractivity contribution >= 4 is 11.9 Å². The van der Waals surface area contributed by atoms with E-state index in [1.807, 2.05) is 0 Å². The summed E-state index contributed by atoms with van der Waals surface area (Å²) in [5.41, 5.74) is 0.326. The summed E-state index contributed by atoms with van der Waals surface area (Å²) in [5, 5.41) is 9.13. The van der Waals surface area contributed by atoms with Gasteiger partial charge >= 0.3 is 11.9 Å². The molecule has 0 saturated heterocycles. The first-order valence-corrected chi connectivity index (χ1v) is 6.41. The highest BCUT2D eigenvalue weighted by atomic mass is 16.6. The third kappa shape index (κ3) is 6.78. The van der Waals surface area contributed by atoms with Gasteiger partial charge in [0.05, 0.1) is 0 Å². The molecular formula is C15H20O5. The van der Waals surface area contributed by atoms with E-state index >= 15 is 0 Å². The molecule has 110 valence electrons. The smallest absolute Gasteiger partial charge is 0.344 e. The van der Waals surface area contributed by atoms with Gasteiger partial charge in [-0.05, 0) is 44.9 Å². The average Bonchev–Trinajstić information content (AvgIpc) is 2.33. The van der Waals surface area contributed by atoms with Gasteiger partial charge in [-0.1, -0.05) is 12.1 Å². The molecule has 5 heteroatoms. The molecular weight excluding hydrogens is 260 g/mol. The Morgan fingerprint density at radius 3 is 2.25 bits per heavy atom. The predicted molar refractivity (Wildman–Crippen MR) is 73.2 cm³/mol. The number of hydrogen-bond acceptors (Lipinski definition) is 5. The van der Waals surface area contributed by atoms with E-state index in [1.54, 1.807) is 45.0 Å². The van der Waals surface area contributed by atoms with Crippen LogP contribution in [0.2, 0.25) is 0 Å². The lowest BCUT2D eigenvalue weighted by molar-refractivity contribution is -0.166. The van der Waals surface area contributed by atoms with Gasteiger partial charge in [-0.2, -0.15) is 0 Å². The zero-order valence-electron chi connectivity index (χ0n) is 12.0. The molecule has 5 nitrogen and oxygen atoms in total. The van der Waals surface area contributed by atoms with Gasteiger partial charge in [-0.3, -0.25) is 4.79 Å². The Kier molecular flexibility index (Phi) is 5.55. The number of phenolic OH excluding ortho intramolecular Hbond substituents is 1. The van der Waals surface area contributed by atoms with Crippen molar-refractivity contribution in [2.24, 2.45) is 0 Å². The lowest BCUT2D eigenvalue weighted by Gasteiger charge is -2.19. The van der Waals surface area contributed by atoms with Gasteiger partial charge in [0.1, 0.15) is 11.4 Å². The predicted octanol–water partition coefficient (Wildman–Crippen LogP) is 2.21. The highest BCUT2D eigenvalue weighted by molar-refractivity contribution is 5.76. The van der Waals surface area contributed by atoms with Gasteiger partial charge in [-0.15, -0.1) is 0 Å². The second-order valence-corrected chi connectivity index (χ2v) is 5.41. The molecule has 0 atom stereocenters. The van der Waals surface area contributed by atoms with Crippen LogP contribution in [0.5, 0.6) is 5.75 Å². The van der Waals surface area contributed by atoms with Crippen LogP contribution in [-0.2, 0) is 25.5 Å². The fourth-order valence-corrected chi connectivity index (χ4v) is 1.49. The Hall–Kier alpha value is -2.04. The first kappa shape index (κ1) is 16.0. The van der Waals surface area contributed by atoms with Gasteiger partial charge in [0.25, 0.3) is 0 Å². The molecule has 0 radical (unpaired) electrons. The van der Waals surface area contributed by atoms with Crippen LogP contribution in [0.1, 0.15) is 32.8 Å². The van der Waals surface area contributed by atoms with Crippen molar-refractivity contribution in [1.29, 1.82) is 0 Å². The standard InChI is InChI=1S/C15H20O5/c1-15(2,3)20-14(18)10-19-13(17)9-6-11-4-7-12(16)8-5-11/h4-5,7-8,16H,6,9-10H2,1-3H3. The topological polar surface area (TPSA) is 72.8 Å². The number of benzene rings is 1. The van der Waals surface area contributed by atoms with Crippen molar-refractivity contribution in [3.63, 3.8) is 0 Å². The number of hydrogen-bond donors (Lipinski definition) is 1. The van der Waals surface area contributed by atoms with Crippen LogP contribution in [0.15, 0.2) is 24.3 Å². The molecule has 0 aliphatic rings. The Balaban J connectivity index is 2.27. The van der Waals surface area contributed by atoms with Crippen molar-refractivity contribution in [1.82, 2.24) is 0 Å². The molecule has 1 aromatic rings. The van der Waals surface area contributed by atoms with Gasteiger partial charge in [-0.25, -0.2) is 4.79 Å². The van der Waals surface area contributed by atoms with Crippen LogP contribution in [0, 0.1) is 0 Å². The fourth-order valence-electron chi connectivity index (χ4n) is 1.49. The maximum absolute atomic E-state index is 11.5. The quantitative estimate of drug-likeness (QED) is 0.837. The van der Waals surface area contributed by atoms with Crippen molar-refractivity contribution in [3.8, 4) is 5.75 Å². The van der Waals surface area contributed by atoms with Gasteiger partial charge < -0.3 is 14.6 Å². The van der Waals surface area contributed by atoms with E-state index in [4.69, 9.17) is 14.6 Å². The number of rotatable bonds is 5. The van der Waals surface area contributed by atoms with E-state index in [2.05, 4.69) is 0 Å². The second-order valence-electron chi connectivity index (χ2n) is 5.41. The van der Waals surface area contributed by atoms with E-state index in [1.165, 1.54) is 0 Å². The molecule has 0 heterocycles. The van der Waals surface area contributed by atoms with E-state index in [0.29, 0.717) is 6.42 Å². The minimum Gasteiger partial charge on any atom is -0.508 e. The lowest BCUT2D eigenvalue weighted by atomic mass is 10.1. The summed E-state index contributed by atoms with van der Waals surface area (Å²) in [5.74, 6) is -0.833. The number of esters is 2. The minimum atomic E-state index is -0.588. The monoisotopic (exact) mass is 280 g/mol. The van der Waals surface area contributed by atoms with Crippen LogP contribution in [0.25, 0.3) is 0 Å². The third-order valence-electron chi connectivity index (χ3n) is 2.33. The zero-order valence-corrected chi connectivity index (χ0v) is 12.0. The number of carbonyl (C=O) groups is 2. The van der Waals surface area contributed by atoms with E-state index < -0.39 is 17.5 Å². The van der Waals surface area contributed by atoms with Gasteiger partial charge in [0.2, 0.25) is 0 Å². The average molecular weight is 280 g/mol. The maximum Gasteiger partial charge on any atom is 0.344 e. The SMILES string of the molecule is CC(C)(C)OC(=O)COC(=O)CCc1ccc(O)cc1. The molecule has 0 aliphatic carbocycles. The fraction of sp³-hybridized carbons (Fsp3) is 0.467. The molecule has 1 N–H and O–H groups in total. The summed E-state index contributed by atoms with van der Waals surface area (Å²) in [6, 6.07) is 6.58.